The van der Waals surface area contributed by atoms with Gasteiger partial charge in [0.2, 0.25) is 0 Å². The number of rotatable bonds is 5. The second kappa shape index (κ2) is 7.21. The summed E-state index contributed by atoms with van der Waals surface area (Å²) in [5, 5.41) is 12.2. The van der Waals surface area contributed by atoms with Gasteiger partial charge < -0.3 is 10.2 Å². The second-order valence-corrected chi connectivity index (χ2v) is 7.41. The van der Waals surface area contributed by atoms with Crippen LogP contribution in [0, 0.1) is 11.3 Å². The van der Waals surface area contributed by atoms with E-state index >= 15 is 0 Å². The molecule has 1 aromatic heterocycles. The summed E-state index contributed by atoms with van der Waals surface area (Å²) in [6, 6.07) is 4.23. The topological polar surface area (TPSA) is 41.0 Å². The monoisotopic (exact) mass is 290 g/mol. The Hall–Kier alpha value is -1.16. The van der Waals surface area contributed by atoms with Gasteiger partial charge in [-0.15, -0.1) is 5.10 Å². The van der Waals surface area contributed by atoms with E-state index in [0.29, 0.717) is 11.3 Å². The smallest absolute Gasteiger partial charge is 0.151 e. The molecule has 1 aromatic rings. The lowest BCUT2D eigenvalue weighted by Gasteiger charge is -2.23. The quantitative estimate of drug-likeness (QED) is 0.904. The first kappa shape index (κ1) is 16.2. The minimum absolute atomic E-state index is 0.461. The van der Waals surface area contributed by atoms with Crippen molar-refractivity contribution in [2.24, 2.45) is 11.3 Å². The Morgan fingerprint density at radius 1 is 1.19 bits per heavy atom. The molecule has 0 unspecified atom stereocenters. The van der Waals surface area contributed by atoms with Crippen LogP contribution in [-0.2, 0) is 6.54 Å². The van der Waals surface area contributed by atoms with Crippen LogP contribution >= 0.6 is 0 Å². The van der Waals surface area contributed by atoms with E-state index in [4.69, 9.17) is 0 Å². The average Bonchev–Trinajstić information content (AvgIpc) is 2.60. The predicted octanol–water partition coefficient (Wildman–Crippen LogP) is 3.24. The fraction of sp³-hybridized carbons (Fsp3) is 0.765. The van der Waals surface area contributed by atoms with Crippen LogP contribution in [-0.4, -0.2) is 29.8 Å². The third kappa shape index (κ3) is 5.27. The van der Waals surface area contributed by atoms with Gasteiger partial charge in [-0.25, -0.2) is 0 Å². The summed E-state index contributed by atoms with van der Waals surface area (Å²) in [6.45, 7) is 13.2. The number of nitrogens with one attached hydrogen (secondary N) is 1. The highest BCUT2D eigenvalue weighted by Gasteiger charge is 2.23. The predicted molar refractivity (Wildman–Crippen MR) is 88.4 cm³/mol. The molecule has 0 amide bonds. The van der Waals surface area contributed by atoms with Gasteiger partial charge in [-0.05, 0) is 49.3 Å². The molecule has 0 radical (unpaired) electrons. The lowest BCUT2D eigenvalue weighted by molar-refractivity contribution is 0.325. The molecule has 0 aliphatic carbocycles. The third-order valence-electron chi connectivity index (χ3n) is 4.23. The van der Waals surface area contributed by atoms with Crippen molar-refractivity contribution < 1.29 is 0 Å². The fourth-order valence-electron chi connectivity index (χ4n) is 2.76. The van der Waals surface area contributed by atoms with Gasteiger partial charge in [0.05, 0.1) is 5.69 Å². The molecule has 0 bridgehead atoms. The standard InChI is InChI=1S/C17H30N4/c1-14(2)12-18-13-15-6-7-16(20-19-15)21-10-5-8-17(3,4)9-11-21/h6-7,14,18H,5,8-13H2,1-4H3. The van der Waals surface area contributed by atoms with E-state index in [1.165, 1.54) is 19.3 Å². The molecule has 4 heteroatoms. The highest BCUT2D eigenvalue weighted by atomic mass is 15.3. The summed E-state index contributed by atoms with van der Waals surface area (Å²) >= 11 is 0. The summed E-state index contributed by atoms with van der Waals surface area (Å²) in [6.07, 6.45) is 3.77. The molecule has 0 spiro atoms. The number of hydrogen-bond acceptors (Lipinski definition) is 4. The molecule has 0 atom stereocenters. The largest absolute Gasteiger partial charge is 0.355 e. The van der Waals surface area contributed by atoms with Gasteiger partial charge in [0.1, 0.15) is 0 Å². The molecule has 1 N–H and O–H groups in total. The van der Waals surface area contributed by atoms with Crippen molar-refractivity contribution in [3.05, 3.63) is 17.8 Å². The molecule has 2 rings (SSSR count). The second-order valence-electron chi connectivity index (χ2n) is 7.41. The Morgan fingerprint density at radius 3 is 2.67 bits per heavy atom. The normalized spacial score (nSPS) is 18.8. The zero-order valence-electron chi connectivity index (χ0n) is 14.0. The Labute approximate surface area is 129 Å². The van der Waals surface area contributed by atoms with E-state index in [0.717, 1.165) is 37.7 Å². The van der Waals surface area contributed by atoms with Crippen LogP contribution in [0.1, 0.15) is 52.7 Å². The van der Waals surface area contributed by atoms with Gasteiger partial charge in [-0.2, -0.15) is 5.10 Å². The summed E-state index contributed by atoms with van der Waals surface area (Å²) in [5.41, 5.74) is 1.48. The number of anilines is 1. The van der Waals surface area contributed by atoms with Crippen LogP contribution in [0.5, 0.6) is 0 Å². The van der Waals surface area contributed by atoms with Crippen molar-refractivity contribution in [3.63, 3.8) is 0 Å². The highest BCUT2D eigenvalue weighted by Crippen LogP contribution is 2.30. The summed E-state index contributed by atoms with van der Waals surface area (Å²) < 4.78 is 0. The SMILES string of the molecule is CC(C)CNCc1ccc(N2CCCC(C)(C)CC2)nn1. The summed E-state index contributed by atoms with van der Waals surface area (Å²) in [7, 11) is 0. The van der Waals surface area contributed by atoms with E-state index in [1.807, 2.05) is 0 Å². The van der Waals surface area contributed by atoms with Crippen molar-refractivity contribution in [2.45, 2.75) is 53.5 Å². The van der Waals surface area contributed by atoms with E-state index in [1.54, 1.807) is 0 Å². The van der Waals surface area contributed by atoms with Gasteiger partial charge in [-0.1, -0.05) is 27.7 Å². The first-order valence-corrected chi connectivity index (χ1v) is 8.24. The molecule has 21 heavy (non-hydrogen) atoms. The maximum Gasteiger partial charge on any atom is 0.151 e. The minimum atomic E-state index is 0.461. The maximum atomic E-state index is 4.43. The molecular weight excluding hydrogens is 260 g/mol. The first-order valence-electron chi connectivity index (χ1n) is 8.24. The fourth-order valence-corrected chi connectivity index (χ4v) is 2.76. The van der Waals surface area contributed by atoms with Crippen molar-refractivity contribution in [1.82, 2.24) is 15.5 Å². The minimum Gasteiger partial charge on any atom is -0.355 e. The Balaban J connectivity index is 1.89. The number of aromatic nitrogens is 2. The van der Waals surface area contributed by atoms with Gasteiger partial charge in [0.15, 0.2) is 5.82 Å². The number of nitrogens with zero attached hydrogens (tertiary/aromatic N) is 3. The Kier molecular flexibility index (Phi) is 5.57. The Morgan fingerprint density at radius 2 is 2.00 bits per heavy atom. The third-order valence-corrected chi connectivity index (χ3v) is 4.23. The summed E-state index contributed by atoms with van der Waals surface area (Å²) in [4.78, 5) is 2.38. The van der Waals surface area contributed by atoms with Crippen molar-refractivity contribution in [2.75, 3.05) is 24.5 Å². The van der Waals surface area contributed by atoms with Crippen LogP contribution in [0.2, 0.25) is 0 Å². The molecule has 0 saturated carbocycles. The van der Waals surface area contributed by atoms with Gasteiger partial charge >= 0.3 is 0 Å². The van der Waals surface area contributed by atoms with Crippen molar-refractivity contribution in [3.8, 4) is 0 Å². The van der Waals surface area contributed by atoms with Crippen LogP contribution in [0.3, 0.4) is 0 Å². The maximum absolute atomic E-state index is 4.43. The lowest BCUT2D eigenvalue weighted by atomic mass is 9.85. The molecule has 1 saturated heterocycles. The van der Waals surface area contributed by atoms with Crippen molar-refractivity contribution in [1.29, 1.82) is 0 Å². The summed E-state index contributed by atoms with van der Waals surface area (Å²) in [5.74, 6) is 1.69. The van der Waals surface area contributed by atoms with Gasteiger partial charge in [-0.3, -0.25) is 0 Å². The molecule has 118 valence electrons. The van der Waals surface area contributed by atoms with Gasteiger partial charge in [0, 0.05) is 19.6 Å². The van der Waals surface area contributed by atoms with E-state index in [-0.39, 0.29) is 0 Å². The van der Waals surface area contributed by atoms with E-state index in [2.05, 4.69) is 60.2 Å². The van der Waals surface area contributed by atoms with Crippen LogP contribution in [0.25, 0.3) is 0 Å². The van der Waals surface area contributed by atoms with E-state index in [9.17, 15) is 0 Å². The molecule has 2 heterocycles. The average molecular weight is 290 g/mol. The molecule has 1 aliphatic heterocycles. The molecule has 1 fully saturated rings. The zero-order valence-corrected chi connectivity index (χ0v) is 14.0. The molecular formula is C17H30N4. The molecule has 0 aromatic carbocycles. The lowest BCUT2D eigenvalue weighted by Crippen LogP contribution is -2.26. The Bertz CT molecular complexity index is 425. The van der Waals surface area contributed by atoms with Gasteiger partial charge in [0.25, 0.3) is 0 Å². The molecule has 4 nitrogen and oxygen atoms in total. The van der Waals surface area contributed by atoms with Crippen LogP contribution < -0.4 is 10.2 Å². The van der Waals surface area contributed by atoms with Crippen LogP contribution in [0.15, 0.2) is 12.1 Å². The van der Waals surface area contributed by atoms with E-state index < -0.39 is 0 Å². The van der Waals surface area contributed by atoms with Crippen LogP contribution in [0.4, 0.5) is 5.82 Å². The van der Waals surface area contributed by atoms with Crippen molar-refractivity contribution >= 4 is 5.82 Å². The zero-order chi connectivity index (χ0) is 15.3. The molecule has 1 aliphatic rings. The highest BCUT2D eigenvalue weighted by molar-refractivity contribution is 5.37. The number of hydrogen-bond donors (Lipinski definition) is 1. The first-order chi connectivity index (χ1) is 9.96.